The van der Waals surface area contributed by atoms with Crippen molar-refractivity contribution in [2.75, 3.05) is 0 Å². The second-order valence-electron chi connectivity index (χ2n) is 2.24. The summed E-state index contributed by atoms with van der Waals surface area (Å²) < 4.78 is 0. The van der Waals surface area contributed by atoms with Crippen molar-refractivity contribution in [2.24, 2.45) is 5.73 Å². The van der Waals surface area contributed by atoms with E-state index in [-0.39, 0.29) is 38.3 Å². The van der Waals surface area contributed by atoms with Gasteiger partial charge in [-0.1, -0.05) is 0 Å². The fourth-order valence-corrected chi connectivity index (χ4v) is 0.993. The number of aromatic amines is 1. The number of nitrogens with one attached hydrogen (secondary N) is 1. The number of fused-ring (bicyclic) bond motifs is 1. The molecule has 1 amide bonds. The van der Waals surface area contributed by atoms with Crippen LogP contribution in [0.5, 0.6) is 0 Å². The maximum atomic E-state index is 10.8. The van der Waals surface area contributed by atoms with E-state index in [1.54, 1.807) is 0 Å². The van der Waals surface area contributed by atoms with Crippen LogP contribution in [0.15, 0.2) is 12.5 Å². The largest absolute Gasteiger partial charge is 0.418 e. The number of imidazole rings is 1. The number of amides is 1. The van der Waals surface area contributed by atoms with E-state index < -0.39 is 5.91 Å². The molecule has 0 unspecified atom stereocenters. The first kappa shape index (κ1) is 10.3. The maximum Gasteiger partial charge on any atom is 0.135 e. The fourth-order valence-electron chi connectivity index (χ4n) is 0.993. The molecule has 0 aromatic carbocycles. The summed E-state index contributed by atoms with van der Waals surface area (Å²) in [7, 11) is 0. The van der Waals surface area contributed by atoms with Gasteiger partial charge in [-0.15, -0.1) is 11.6 Å². The molecule has 0 aliphatic carbocycles. The van der Waals surface area contributed by atoms with Crippen molar-refractivity contribution in [2.45, 2.75) is 0 Å². The van der Waals surface area contributed by atoms with Crippen LogP contribution in [0.25, 0.3) is 11.2 Å². The van der Waals surface area contributed by atoms with Gasteiger partial charge in [0, 0.05) is 32.7 Å². The van der Waals surface area contributed by atoms with Crippen LogP contribution in [0.1, 0.15) is 10.4 Å². The van der Waals surface area contributed by atoms with Crippen LogP contribution in [0.4, 0.5) is 0 Å². The zero-order chi connectivity index (χ0) is 8.55. The zero-order valence-corrected chi connectivity index (χ0v) is 9.45. The van der Waals surface area contributed by atoms with Crippen molar-refractivity contribution in [1.29, 1.82) is 0 Å². The van der Waals surface area contributed by atoms with Gasteiger partial charge in [0.15, 0.2) is 0 Å². The first-order valence-corrected chi connectivity index (χ1v) is 3.28. The minimum absolute atomic E-state index is 0. The third kappa shape index (κ3) is 1.76. The van der Waals surface area contributed by atoms with Crippen molar-refractivity contribution < 1.29 is 37.5 Å². The molecular weight excluding hydrogens is 245 g/mol. The Bertz CT molecular complexity index is 439. The second kappa shape index (κ2) is 3.93. The van der Waals surface area contributed by atoms with Gasteiger partial charge in [0.1, 0.15) is 11.6 Å². The van der Waals surface area contributed by atoms with E-state index in [0.717, 1.165) is 0 Å². The van der Waals surface area contributed by atoms with E-state index in [2.05, 4.69) is 21.0 Å². The molecule has 2 aromatic rings. The number of H-pyrrole nitrogens is 1. The predicted molar refractivity (Wildman–Crippen MR) is 41.2 cm³/mol. The van der Waals surface area contributed by atoms with Crippen LogP contribution < -0.4 is 5.73 Å². The van der Waals surface area contributed by atoms with Gasteiger partial charge in [-0.05, 0) is 11.7 Å². The van der Waals surface area contributed by atoms with Crippen LogP contribution in [-0.2, 0) is 32.7 Å². The molecule has 0 saturated carbocycles. The van der Waals surface area contributed by atoms with Gasteiger partial charge in [0.25, 0.3) is 0 Å². The average Bonchev–Trinajstić information content (AvgIpc) is 2.49. The molecule has 0 bridgehead atoms. The summed E-state index contributed by atoms with van der Waals surface area (Å²) in [6.45, 7) is 0. The Kier molecular flexibility index (Phi) is 3.11. The molecule has 63 valence electrons. The number of carbonyl (C=O) groups excluding carboxylic acids is 1. The van der Waals surface area contributed by atoms with Crippen LogP contribution in [0.2, 0.25) is 0 Å². The third-order valence-electron chi connectivity index (χ3n) is 1.51. The Morgan fingerprint density at radius 3 is 3.00 bits per heavy atom. The van der Waals surface area contributed by atoms with Gasteiger partial charge >= 0.3 is 0 Å². The molecule has 0 aliphatic heterocycles. The molecule has 0 spiro atoms. The van der Waals surface area contributed by atoms with Crippen LogP contribution in [0, 0.1) is 6.07 Å². The Hall–Kier alpha value is -0.806. The number of pyridine rings is 1. The summed E-state index contributed by atoms with van der Waals surface area (Å²) in [5.74, 6) is -0.536. The number of hydrogen-bond donors (Lipinski definition) is 2. The molecule has 13 heavy (non-hydrogen) atoms. The fraction of sp³-hybridized carbons (Fsp3) is 0. The summed E-state index contributed by atoms with van der Waals surface area (Å²) in [6.07, 6.45) is 2.83. The Morgan fingerprint density at radius 1 is 1.54 bits per heavy atom. The number of primary amides is 1. The average molecular weight is 250 g/mol. The molecule has 0 fully saturated rings. The molecule has 0 atom stereocenters. The second-order valence-corrected chi connectivity index (χ2v) is 2.24. The predicted octanol–water partition coefficient (Wildman–Crippen LogP) is -0.146. The molecule has 6 heteroatoms. The molecule has 2 aromatic heterocycles. The van der Waals surface area contributed by atoms with E-state index in [0.29, 0.717) is 11.2 Å². The van der Waals surface area contributed by atoms with Crippen molar-refractivity contribution >= 4 is 17.1 Å². The number of aromatic nitrogens is 3. The Labute approximate surface area is 99.0 Å². The number of nitrogens with zero attached hydrogens (tertiary/aromatic N) is 2. The third-order valence-corrected chi connectivity index (χ3v) is 1.51. The number of nitrogens with two attached hydrogens (primary N) is 1. The Morgan fingerprint density at radius 2 is 2.31 bits per heavy atom. The molecule has 1 radical (unpaired) electrons. The first-order chi connectivity index (χ1) is 5.79. The van der Waals surface area contributed by atoms with E-state index in [9.17, 15) is 4.79 Å². The number of hydrogen-bond acceptors (Lipinski definition) is 3. The molecular formula is C7H5N4OY-. The van der Waals surface area contributed by atoms with Gasteiger partial charge in [-0.3, -0.25) is 4.98 Å². The van der Waals surface area contributed by atoms with Crippen molar-refractivity contribution in [1.82, 2.24) is 15.0 Å². The maximum absolute atomic E-state index is 10.8. The van der Waals surface area contributed by atoms with E-state index >= 15 is 0 Å². The van der Waals surface area contributed by atoms with Gasteiger partial charge in [0.05, 0.1) is 6.33 Å². The first-order valence-electron chi connectivity index (χ1n) is 3.28. The topological polar surface area (TPSA) is 84.7 Å². The molecule has 0 saturated heterocycles. The molecule has 3 N–H and O–H groups in total. The van der Waals surface area contributed by atoms with E-state index in [4.69, 9.17) is 5.73 Å². The molecule has 2 rings (SSSR count). The SMILES string of the molecule is NC(=O)c1[c-]cnc2nc[nH]c12.[Y]. The normalized spacial score (nSPS) is 9.54. The Balaban J connectivity index is 0.000000845. The van der Waals surface area contributed by atoms with Gasteiger partial charge in [0.2, 0.25) is 0 Å². The van der Waals surface area contributed by atoms with Crippen molar-refractivity contribution in [3.63, 3.8) is 0 Å². The molecule has 2 heterocycles. The van der Waals surface area contributed by atoms with Crippen molar-refractivity contribution in [3.8, 4) is 0 Å². The minimum Gasteiger partial charge on any atom is -0.418 e. The number of rotatable bonds is 1. The summed E-state index contributed by atoms with van der Waals surface area (Å²) >= 11 is 0. The smallest absolute Gasteiger partial charge is 0.135 e. The standard InChI is InChI=1S/C7H5N4O.Y/c8-6(12)4-1-2-9-7-5(4)10-3-11-7;/h2-3H,(H2,8,12)(H,9,10,11);/q-1;. The van der Waals surface area contributed by atoms with Gasteiger partial charge in [-0.25, -0.2) is 4.98 Å². The summed E-state index contributed by atoms with van der Waals surface area (Å²) in [6, 6.07) is 2.64. The summed E-state index contributed by atoms with van der Waals surface area (Å²) in [5.41, 5.74) is 6.39. The minimum atomic E-state index is -0.536. The quantitative estimate of drug-likeness (QED) is 0.690. The van der Waals surface area contributed by atoms with Crippen LogP contribution in [0.3, 0.4) is 0 Å². The van der Waals surface area contributed by atoms with Crippen LogP contribution in [-0.4, -0.2) is 20.9 Å². The number of carbonyl (C=O) groups is 1. The van der Waals surface area contributed by atoms with Crippen LogP contribution >= 0.6 is 0 Å². The van der Waals surface area contributed by atoms with E-state index in [1.165, 1.54) is 12.5 Å². The molecule has 0 aliphatic rings. The summed E-state index contributed by atoms with van der Waals surface area (Å²) in [4.78, 5) is 21.3. The monoisotopic (exact) mass is 250 g/mol. The zero-order valence-electron chi connectivity index (χ0n) is 6.61. The van der Waals surface area contributed by atoms with E-state index in [1.807, 2.05) is 0 Å². The summed E-state index contributed by atoms with van der Waals surface area (Å²) in [5, 5.41) is 0. The van der Waals surface area contributed by atoms with Gasteiger partial charge < -0.3 is 15.5 Å². The van der Waals surface area contributed by atoms with Crippen molar-refractivity contribution in [3.05, 3.63) is 24.2 Å². The molecule has 5 nitrogen and oxygen atoms in total. The van der Waals surface area contributed by atoms with Gasteiger partial charge in [-0.2, -0.15) is 0 Å².